The van der Waals surface area contributed by atoms with E-state index in [9.17, 15) is 4.39 Å². The number of nitrogens with one attached hydrogen (secondary N) is 1. The molecule has 0 aliphatic heterocycles. The summed E-state index contributed by atoms with van der Waals surface area (Å²) in [4.78, 5) is 4.02. The molecule has 0 unspecified atom stereocenters. The van der Waals surface area contributed by atoms with Crippen molar-refractivity contribution in [3.8, 4) is 0 Å². The second kappa shape index (κ2) is 5.56. The fourth-order valence-electron chi connectivity index (χ4n) is 1.12. The van der Waals surface area contributed by atoms with Crippen LogP contribution in [0.5, 0.6) is 0 Å². The zero-order valence-electron chi connectivity index (χ0n) is 8.43. The third-order valence-corrected chi connectivity index (χ3v) is 2.00. The van der Waals surface area contributed by atoms with Crippen molar-refractivity contribution in [2.75, 3.05) is 17.7 Å². The van der Waals surface area contributed by atoms with Gasteiger partial charge in [0, 0.05) is 12.6 Å². The van der Waals surface area contributed by atoms with Crippen LogP contribution in [0.3, 0.4) is 0 Å². The van der Waals surface area contributed by atoms with Crippen molar-refractivity contribution in [3.05, 3.63) is 24.0 Å². The van der Waals surface area contributed by atoms with Crippen LogP contribution in [0.1, 0.15) is 6.92 Å². The Kier molecular flexibility index (Phi) is 4.37. The topological polar surface area (TPSA) is 50.4 Å². The SMILES string of the molecule is CCNc1ccc(F)cc1N=C(N)CCl. The molecule has 0 atom stereocenters. The molecule has 0 amide bonds. The molecule has 0 bridgehead atoms. The fourth-order valence-corrected chi connectivity index (χ4v) is 1.18. The normalized spacial score (nSPS) is 11.5. The maximum Gasteiger partial charge on any atom is 0.125 e. The van der Waals surface area contributed by atoms with E-state index in [-0.39, 0.29) is 17.5 Å². The highest BCUT2D eigenvalue weighted by molar-refractivity contribution is 6.28. The number of nitrogens with zero attached hydrogens (tertiary/aromatic N) is 1. The molecule has 0 spiro atoms. The van der Waals surface area contributed by atoms with Gasteiger partial charge < -0.3 is 11.1 Å². The number of hydrogen-bond acceptors (Lipinski definition) is 2. The van der Waals surface area contributed by atoms with Crippen molar-refractivity contribution in [2.45, 2.75) is 6.92 Å². The molecule has 0 saturated heterocycles. The highest BCUT2D eigenvalue weighted by Crippen LogP contribution is 2.25. The first-order valence-electron chi connectivity index (χ1n) is 4.59. The molecule has 1 aromatic rings. The summed E-state index contributed by atoms with van der Waals surface area (Å²) in [7, 11) is 0. The summed E-state index contributed by atoms with van der Waals surface area (Å²) >= 11 is 5.50. The van der Waals surface area contributed by atoms with Gasteiger partial charge >= 0.3 is 0 Å². The minimum atomic E-state index is -0.349. The number of alkyl halides is 1. The summed E-state index contributed by atoms with van der Waals surface area (Å²) in [6, 6.07) is 4.31. The third-order valence-electron chi connectivity index (χ3n) is 1.73. The molecule has 0 aliphatic rings. The van der Waals surface area contributed by atoms with Gasteiger partial charge in [0.2, 0.25) is 0 Å². The average molecular weight is 230 g/mol. The quantitative estimate of drug-likeness (QED) is 0.474. The molecule has 0 fully saturated rings. The summed E-state index contributed by atoms with van der Waals surface area (Å²) in [6.45, 7) is 2.68. The fraction of sp³-hybridized carbons (Fsp3) is 0.300. The van der Waals surface area contributed by atoms with Crippen molar-refractivity contribution in [2.24, 2.45) is 10.7 Å². The number of hydrogen-bond donors (Lipinski definition) is 2. The lowest BCUT2D eigenvalue weighted by Gasteiger charge is -2.07. The Hall–Kier alpha value is -1.29. The highest BCUT2D eigenvalue weighted by atomic mass is 35.5. The first kappa shape index (κ1) is 11.8. The van der Waals surface area contributed by atoms with E-state index in [1.165, 1.54) is 12.1 Å². The lowest BCUT2D eigenvalue weighted by molar-refractivity contribution is 0.628. The van der Waals surface area contributed by atoms with Crippen LogP contribution >= 0.6 is 11.6 Å². The monoisotopic (exact) mass is 229 g/mol. The van der Waals surface area contributed by atoms with Crippen molar-refractivity contribution < 1.29 is 4.39 Å². The molecule has 3 nitrogen and oxygen atoms in total. The Morgan fingerprint density at radius 1 is 1.60 bits per heavy atom. The summed E-state index contributed by atoms with van der Waals surface area (Å²) in [5.74, 6) is 0.0430. The van der Waals surface area contributed by atoms with Crippen LogP contribution in [0.25, 0.3) is 0 Å². The third kappa shape index (κ3) is 3.40. The van der Waals surface area contributed by atoms with Gasteiger partial charge in [-0.25, -0.2) is 9.38 Å². The van der Waals surface area contributed by atoms with Gasteiger partial charge in [-0.05, 0) is 19.1 Å². The smallest absolute Gasteiger partial charge is 0.125 e. The molecule has 1 aromatic carbocycles. The van der Waals surface area contributed by atoms with Crippen molar-refractivity contribution >= 4 is 28.8 Å². The van der Waals surface area contributed by atoms with Crippen LogP contribution in [-0.4, -0.2) is 18.3 Å². The minimum Gasteiger partial charge on any atom is -0.386 e. The zero-order chi connectivity index (χ0) is 11.3. The predicted molar refractivity (Wildman–Crippen MR) is 62.6 cm³/mol. The number of amidine groups is 1. The highest BCUT2D eigenvalue weighted by Gasteiger charge is 2.02. The molecule has 0 heterocycles. The van der Waals surface area contributed by atoms with Crippen LogP contribution in [0, 0.1) is 5.82 Å². The second-order valence-corrected chi connectivity index (χ2v) is 3.20. The van der Waals surface area contributed by atoms with Gasteiger partial charge in [0.15, 0.2) is 0 Å². The average Bonchev–Trinajstić information content (AvgIpc) is 2.22. The minimum absolute atomic E-state index is 0.127. The van der Waals surface area contributed by atoms with Crippen molar-refractivity contribution in [1.29, 1.82) is 0 Å². The Balaban J connectivity index is 3.06. The lowest BCUT2D eigenvalue weighted by atomic mass is 10.2. The number of anilines is 1. The van der Waals surface area contributed by atoms with E-state index in [0.717, 1.165) is 12.2 Å². The van der Waals surface area contributed by atoms with Gasteiger partial charge in [-0.2, -0.15) is 0 Å². The number of rotatable bonds is 4. The Morgan fingerprint density at radius 2 is 2.33 bits per heavy atom. The summed E-state index contributed by atoms with van der Waals surface area (Å²) in [5.41, 5.74) is 6.70. The Morgan fingerprint density at radius 3 is 2.93 bits per heavy atom. The molecule has 15 heavy (non-hydrogen) atoms. The van der Waals surface area contributed by atoms with Gasteiger partial charge in [0.1, 0.15) is 11.7 Å². The van der Waals surface area contributed by atoms with Gasteiger partial charge in [-0.15, -0.1) is 11.6 Å². The molecule has 1 rings (SSSR count). The molecular weight excluding hydrogens is 217 g/mol. The first-order chi connectivity index (χ1) is 7.17. The van der Waals surface area contributed by atoms with Crippen LogP contribution in [0.4, 0.5) is 15.8 Å². The van der Waals surface area contributed by atoms with Crippen LogP contribution < -0.4 is 11.1 Å². The molecule has 0 radical (unpaired) electrons. The van der Waals surface area contributed by atoms with Crippen molar-refractivity contribution in [3.63, 3.8) is 0 Å². The molecule has 0 aliphatic carbocycles. The number of nitrogens with two attached hydrogens (primary N) is 1. The number of benzene rings is 1. The second-order valence-electron chi connectivity index (χ2n) is 2.93. The number of aliphatic imine (C=N–C) groups is 1. The largest absolute Gasteiger partial charge is 0.386 e. The summed E-state index contributed by atoms with van der Waals surface area (Å²) in [6.07, 6.45) is 0. The molecule has 0 saturated carbocycles. The van der Waals surface area contributed by atoms with E-state index in [1.807, 2.05) is 6.92 Å². The predicted octanol–water partition coefficient (Wildman–Crippen LogP) is 2.49. The summed E-state index contributed by atoms with van der Waals surface area (Å²) in [5, 5.41) is 3.06. The Labute approximate surface area is 93.1 Å². The van der Waals surface area contributed by atoms with E-state index in [2.05, 4.69) is 10.3 Å². The summed E-state index contributed by atoms with van der Waals surface area (Å²) < 4.78 is 13.0. The van der Waals surface area contributed by atoms with Crippen molar-refractivity contribution in [1.82, 2.24) is 0 Å². The maximum atomic E-state index is 13.0. The van der Waals surface area contributed by atoms with Crippen LogP contribution in [0.15, 0.2) is 23.2 Å². The van der Waals surface area contributed by atoms with E-state index in [1.54, 1.807) is 6.07 Å². The van der Waals surface area contributed by atoms with Gasteiger partial charge in [-0.3, -0.25) is 0 Å². The van der Waals surface area contributed by atoms with E-state index in [4.69, 9.17) is 17.3 Å². The standard InChI is InChI=1S/C10H13ClFN3/c1-2-14-8-4-3-7(12)5-9(8)15-10(13)6-11/h3-5,14H,2,6H2,1H3,(H2,13,15). The van der Waals surface area contributed by atoms with E-state index < -0.39 is 0 Å². The molecule has 0 aromatic heterocycles. The number of halogens is 2. The molecule has 3 N–H and O–H groups in total. The first-order valence-corrected chi connectivity index (χ1v) is 5.13. The van der Waals surface area contributed by atoms with Crippen LogP contribution in [0.2, 0.25) is 0 Å². The zero-order valence-corrected chi connectivity index (χ0v) is 9.18. The van der Waals surface area contributed by atoms with Gasteiger partial charge in [0.25, 0.3) is 0 Å². The maximum absolute atomic E-state index is 13.0. The van der Waals surface area contributed by atoms with Gasteiger partial charge in [0.05, 0.1) is 17.3 Å². The molecular formula is C10H13ClFN3. The lowest BCUT2D eigenvalue weighted by Crippen LogP contribution is -2.12. The van der Waals surface area contributed by atoms with Crippen LogP contribution in [-0.2, 0) is 0 Å². The Bertz CT molecular complexity index is 366. The molecule has 82 valence electrons. The molecule has 5 heteroatoms. The van der Waals surface area contributed by atoms with E-state index in [0.29, 0.717) is 5.69 Å². The van der Waals surface area contributed by atoms with E-state index >= 15 is 0 Å². The van der Waals surface area contributed by atoms with Gasteiger partial charge in [-0.1, -0.05) is 0 Å².